The molecule has 10 heteroatoms. The van der Waals surface area contributed by atoms with Crippen molar-refractivity contribution >= 4 is 33.3 Å². The highest BCUT2D eigenvalue weighted by molar-refractivity contribution is 7.98. The van der Waals surface area contributed by atoms with Crippen molar-refractivity contribution in [2.24, 2.45) is 5.41 Å². The van der Waals surface area contributed by atoms with Crippen molar-refractivity contribution in [1.82, 2.24) is 10.3 Å². The van der Waals surface area contributed by atoms with Gasteiger partial charge in [0.1, 0.15) is 23.0 Å². The Morgan fingerprint density at radius 3 is 2.19 bits per heavy atom. The number of thioether (sulfide) groups is 1. The number of aromatic nitrogens is 1. The average Bonchev–Trinajstić information content (AvgIpc) is 2.82. The molecule has 0 spiro atoms. The second-order valence-electron chi connectivity index (χ2n) is 9.89. The van der Waals surface area contributed by atoms with E-state index in [0.29, 0.717) is 51.9 Å². The Kier molecular flexibility index (Phi) is 10.2. The number of nitrogens with one attached hydrogen (secondary N) is 1. The molecule has 2 aromatic rings. The predicted octanol–water partition coefficient (Wildman–Crippen LogP) is 4.15. The van der Waals surface area contributed by atoms with E-state index in [4.69, 9.17) is 4.98 Å². The molecule has 2 rings (SSSR count). The molecule has 0 aliphatic heterocycles. The monoisotopic (exact) mass is 528 g/mol. The first kappa shape index (κ1) is 29.4. The number of rotatable bonds is 11. The van der Waals surface area contributed by atoms with E-state index >= 15 is 0 Å². The van der Waals surface area contributed by atoms with Gasteiger partial charge in [-0.25, -0.2) is 13.4 Å². The molecule has 0 aliphatic rings. The normalized spacial score (nSPS) is 11.6. The van der Waals surface area contributed by atoms with Crippen LogP contribution in [0.25, 0.3) is 0 Å². The van der Waals surface area contributed by atoms with E-state index in [-0.39, 0.29) is 5.41 Å². The fourth-order valence-corrected chi connectivity index (χ4v) is 4.99. The average molecular weight is 529 g/mol. The van der Waals surface area contributed by atoms with Crippen molar-refractivity contribution in [1.29, 1.82) is 10.5 Å². The molecule has 0 amide bonds. The van der Waals surface area contributed by atoms with E-state index in [1.807, 2.05) is 31.0 Å². The van der Waals surface area contributed by atoms with Crippen molar-refractivity contribution in [2.45, 2.75) is 44.9 Å². The molecule has 194 valence electrons. The lowest BCUT2D eigenvalue weighted by Crippen LogP contribution is -2.34. The molecule has 1 heterocycles. The molecular formula is C26H36N6O2S2. The van der Waals surface area contributed by atoms with Gasteiger partial charge in [0.15, 0.2) is 0 Å². The highest BCUT2D eigenvalue weighted by atomic mass is 32.2. The first-order valence-electron chi connectivity index (χ1n) is 11.8. The fourth-order valence-electron chi connectivity index (χ4n) is 3.53. The smallest absolute Gasteiger partial charge is 0.231 e. The van der Waals surface area contributed by atoms with Gasteiger partial charge in [-0.05, 0) is 35.1 Å². The predicted molar refractivity (Wildman–Crippen MR) is 148 cm³/mol. The van der Waals surface area contributed by atoms with Crippen molar-refractivity contribution in [3.05, 3.63) is 46.5 Å². The molecule has 0 atom stereocenters. The van der Waals surface area contributed by atoms with Crippen LogP contribution < -0.4 is 14.5 Å². The van der Waals surface area contributed by atoms with Gasteiger partial charge < -0.3 is 10.2 Å². The molecule has 0 unspecified atom stereocenters. The standard InChI is InChI=1S/C26H36N6O2S2/c1-8-21-22(15-27)24(31(5)14-13-29-18-26(2,3)4)30-25(23(21)16-28)35-17-19-9-11-20(12-10-19)32(6)36(7,33)34/h9-12,29H,8,13-14,17-18H2,1-7H3. The Bertz CT molecular complexity index is 1240. The van der Waals surface area contributed by atoms with Gasteiger partial charge in [-0.15, -0.1) is 11.8 Å². The Balaban J connectivity index is 2.29. The molecule has 0 fully saturated rings. The lowest BCUT2D eigenvalue weighted by Gasteiger charge is -2.24. The van der Waals surface area contributed by atoms with Crippen LogP contribution in [0.2, 0.25) is 0 Å². The maximum Gasteiger partial charge on any atom is 0.231 e. The van der Waals surface area contributed by atoms with Crippen LogP contribution in [0.1, 0.15) is 49.9 Å². The minimum Gasteiger partial charge on any atom is -0.357 e. The summed E-state index contributed by atoms with van der Waals surface area (Å²) >= 11 is 1.44. The van der Waals surface area contributed by atoms with Crippen molar-refractivity contribution < 1.29 is 8.42 Å². The number of hydrogen-bond acceptors (Lipinski definition) is 8. The zero-order chi connectivity index (χ0) is 27.1. The van der Waals surface area contributed by atoms with Gasteiger partial charge >= 0.3 is 0 Å². The highest BCUT2D eigenvalue weighted by Crippen LogP contribution is 2.33. The summed E-state index contributed by atoms with van der Waals surface area (Å²) in [5.74, 6) is 1.13. The van der Waals surface area contributed by atoms with E-state index in [2.05, 4.69) is 38.2 Å². The Labute approximate surface area is 220 Å². The zero-order valence-corrected chi connectivity index (χ0v) is 23.8. The first-order valence-corrected chi connectivity index (χ1v) is 14.6. The molecule has 0 radical (unpaired) electrons. The van der Waals surface area contributed by atoms with Gasteiger partial charge in [-0.2, -0.15) is 10.5 Å². The first-order chi connectivity index (χ1) is 16.8. The van der Waals surface area contributed by atoms with Gasteiger partial charge in [0, 0.05) is 39.5 Å². The molecule has 1 aromatic carbocycles. The third-order valence-electron chi connectivity index (χ3n) is 5.64. The molecule has 8 nitrogen and oxygen atoms in total. The number of sulfonamides is 1. The van der Waals surface area contributed by atoms with Crippen molar-refractivity contribution in [3.63, 3.8) is 0 Å². The van der Waals surface area contributed by atoms with Gasteiger partial charge in [0.25, 0.3) is 0 Å². The van der Waals surface area contributed by atoms with Crippen LogP contribution in [0.4, 0.5) is 11.5 Å². The maximum absolute atomic E-state index is 11.8. The van der Waals surface area contributed by atoms with Gasteiger partial charge in [-0.1, -0.05) is 39.8 Å². The summed E-state index contributed by atoms with van der Waals surface area (Å²) in [6.07, 6.45) is 1.72. The zero-order valence-electron chi connectivity index (χ0n) is 22.2. The number of likely N-dealkylation sites (N-methyl/N-ethyl adjacent to an activating group) is 1. The fraction of sp³-hybridized carbons (Fsp3) is 0.500. The Morgan fingerprint density at radius 2 is 1.69 bits per heavy atom. The van der Waals surface area contributed by atoms with Crippen molar-refractivity contribution in [3.8, 4) is 12.1 Å². The van der Waals surface area contributed by atoms with Crippen LogP contribution >= 0.6 is 11.8 Å². The lowest BCUT2D eigenvalue weighted by atomic mass is 9.97. The summed E-state index contributed by atoms with van der Waals surface area (Å²) in [6, 6.07) is 11.8. The van der Waals surface area contributed by atoms with Crippen molar-refractivity contribution in [2.75, 3.05) is 49.2 Å². The quantitative estimate of drug-likeness (QED) is 0.342. The van der Waals surface area contributed by atoms with Crippen LogP contribution in [0, 0.1) is 28.1 Å². The molecule has 1 aromatic heterocycles. The van der Waals surface area contributed by atoms with E-state index < -0.39 is 10.0 Å². The number of benzene rings is 1. The largest absolute Gasteiger partial charge is 0.357 e. The number of nitriles is 2. The molecule has 1 N–H and O–H groups in total. The number of pyridine rings is 1. The summed E-state index contributed by atoms with van der Waals surface area (Å²) in [4.78, 5) is 6.74. The van der Waals surface area contributed by atoms with E-state index in [1.54, 1.807) is 12.1 Å². The molecule has 0 saturated carbocycles. The van der Waals surface area contributed by atoms with Crippen LogP contribution in [0.15, 0.2) is 29.3 Å². The molecular weight excluding hydrogens is 492 g/mol. The summed E-state index contributed by atoms with van der Waals surface area (Å²) in [7, 11) is 0.102. The number of anilines is 2. The number of nitrogens with zero attached hydrogens (tertiary/aromatic N) is 5. The summed E-state index contributed by atoms with van der Waals surface area (Å²) in [6.45, 7) is 10.8. The minimum absolute atomic E-state index is 0.181. The third kappa shape index (κ3) is 7.86. The van der Waals surface area contributed by atoms with Gasteiger partial charge in [0.05, 0.1) is 23.1 Å². The van der Waals surface area contributed by atoms with Crippen LogP contribution in [0.3, 0.4) is 0 Å². The Morgan fingerprint density at radius 1 is 1.08 bits per heavy atom. The van der Waals surface area contributed by atoms with Gasteiger partial charge in [0.2, 0.25) is 10.0 Å². The number of hydrogen-bond donors (Lipinski definition) is 1. The summed E-state index contributed by atoms with van der Waals surface area (Å²) in [5, 5.41) is 23.8. The third-order valence-corrected chi connectivity index (χ3v) is 7.89. The highest BCUT2D eigenvalue weighted by Gasteiger charge is 2.22. The van der Waals surface area contributed by atoms with E-state index in [1.165, 1.54) is 23.1 Å². The van der Waals surface area contributed by atoms with E-state index in [0.717, 1.165) is 24.9 Å². The van der Waals surface area contributed by atoms with Gasteiger partial charge in [-0.3, -0.25) is 4.31 Å². The summed E-state index contributed by atoms with van der Waals surface area (Å²) in [5.41, 5.74) is 3.34. The molecule has 0 aliphatic carbocycles. The molecule has 36 heavy (non-hydrogen) atoms. The lowest BCUT2D eigenvalue weighted by molar-refractivity contribution is 0.382. The second kappa shape index (κ2) is 12.4. The SMILES string of the molecule is CCc1c(C#N)c(SCc2ccc(N(C)S(C)(=O)=O)cc2)nc(N(C)CCNCC(C)(C)C)c1C#N. The molecule has 0 saturated heterocycles. The second-order valence-corrected chi connectivity index (χ2v) is 12.9. The summed E-state index contributed by atoms with van der Waals surface area (Å²) < 4.78 is 24.8. The van der Waals surface area contributed by atoms with Crippen LogP contribution in [-0.4, -0.2) is 53.4 Å². The maximum atomic E-state index is 11.8. The minimum atomic E-state index is -3.33. The topological polar surface area (TPSA) is 113 Å². The van der Waals surface area contributed by atoms with E-state index in [9.17, 15) is 18.9 Å². The van der Waals surface area contributed by atoms with Crippen LogP contribution in [0.5, 0.6) is 0 Å². The Hall–Kier alpha value is -2.79. The van der Waals surface area contributed by atoms with Crippen LogP contribution in [-0.2, 0) is 22.2 Å². The molecule has 0 bridgehead atoms.